The van der Waals surface area contributed by atoms with Gasteiger partial charge in [-0.05, 0) is 75.2 Å². The summed E-state index contributed by atoms with van der Waals surface area (Å²) in [7, 11) is 0. The van der Waals surface area contributed by atoms with E-state index in [1.165, 1.54) is 18.9 Å². The van der Waals surface area contributed by atoms with Crippen LogP contribution in [0.2, 0.25) is 0 Å². The largest absolute Gasteiger partial charge is 0.422 e. The van der Waals surface area contributed by atoms with Crippen molar-refractivity contribution in [1.29, 1.82) is 0 Å². The number of aliphatic hydroxyl groups excluding tert-OH is 1. The van der Waals surface area contributed by atoms with E-state index in [0.717, 1.165) is 19.3 Å². The fourth-order valence-electron chi connectivity index (χ4n) is 7.73. The highest BCUT2D eigenvalue weighted by Gasteiger charge is 2.64. The highest BCUT2D eigenvalue weighted by molar-refractivity contribution is 5.86. The molecular weight excluding hydrogens is 380 g/mol. The van der Waals surface area contributed by atoms with E-state index in [9.17, 15) is 15.0 Å². The van der Waals surface area contributed by atoms with E-state index < -0.39 is 23.0 Å². The number of hydrogen-bond acceptors (Lipinski definition) is 5. The Labute approximate surface area is 180 Å². The molecule has 2 aliphatic carbocycles. The number of cyclic esters (lactones) is 1. The van der Waals surface area contributed by atoms with Crippen molar-refractivity contribution in [3.05, 3.63) is 23.8 Å². The average Bonchev–Trinajstić information content (AvgIpc) is 2.83. The highest BCUT2D eigenvalue weighted by Crippen LogP contribution is 2.65. The lowest BCUT2D eigenvalue weighted by atomic mass is 9.43. The van der Waals surface area contributed by atoms with Gasteiger partial charge in [-0.3, -0.25) is 0 Å². The summed E-state index contributed by atoms with van der Waals surface area (Å²) >= 11 is 0. The summed E-state index contributed by atoms with van der Waals surface area (Å²) in [6.07, 6.45) is 10.3. The SMILES string of the molecule is CC1=CC(=O)OC1(O)/C=C/[C@@]1(C)CC[C@@H]2[C@@]3(C)CCCC(C)(C)[C@@H]3[C@@H](O)C[C@@]2(C)O1. The first-order valence-electron chi connectivity index (χ1n) is 11.5. The molecule has 0 bridgehead atoms. The zero-order valence-corrected chi connectivity index (χ0v) is 19.3. The normalized spacial score (nSPS) is 50.6. The predicted molar refractivity (Wildman–Crippen MR) is 114 cm³/mol. The number of esters is 1. The number of fused-ring (bicyclic) bond motifs is 3. The molecule has 4 rings (SSSR count). The van der Waals surface area contributed by atoms with Crippen molar-refractivity contribution in [1.82, 2.24) is 0 Å². The molecule has 0 spiro atoms. The summed E-state index contributed by atoms with van der Waals surface area (Å²) in [5, 5.41) is 22.0. The number of aliphatic hydroxyl groups is 2. The van der Waals surface area contributed by atoms with E-state index in [0.29, 0.717) is 17.9 Å². The minimum Gasteiger partial charge on any atom is -0.422 e. The fourth-order valence-corrected chi connectivity index (χ4v) is 7.73. The summed E-state index contributed by atoms with van der Waals surface area (Å²) in [6, 6.07) is 0. The van der Waals surface area contributed by atoms with E-state index in [4.69, 9.17) is 9.47 Å². The maximum Gasteiger partial charge on any atom is 0.333 e. The number of hydrogen-bond donors (Lipinski definition) is 2. The van der Waals surface area contributed by atoms with Crippen molar-refractivity contribution >= 4 is 5.97 Å². The number of carbonyl (C=O) groups excluding carboxylic acids is 1. The molecule has 1 saturated heterocycles. The van der Waals surface area contributed by atoms with Gasteiger partial charge < -0.3 is 19.7 Å². The molecule has 0 amide bonds. The van der Waals surface area contributed by atoms with Crippen LogP contribution >= 0.6 is 0 Å². The van der Waals surface area contributed by atoms with Crippen LogP contribution in [0.25, 0.3) is 0 Å². The lowest BCUT2D eigenvalue weighted by molar-refractivity contribution is -0.277. The molecule has 1 unspecified atom stereocenters. The Kier molecular flexibility index (Phi) is 4.90. The molecule has 5 heteroatoms. The summed E-state index contributed by atoms with van der Waals surface area (Å²) in [5.41, 5.74) is -0.371. The lowest BCUT2D eigenvalue weighted by Gasteiger charge is -2.66. The van der Waals surface area contributed by atoms with Crippen LogP contribution in [-0.2, 0) is 14.3 Å². The highest BCUT2D eigenvalue weighted by atomic mass is 16.7. The molecule has 2 saturated carbocycles. The minimum atomic E-state index is -1.70. The van der Waals surface area contributed by atoms with Crippen LogP contribution in [0.1, 0.15) is 80.1 Å². The van der Waals surface area contributed by atoms with E-state index in [-0.39, 0.29) is 22.9 Å². The van der Waals surface area contributed by atoms with Gasteiger partial charge in [-0.1, -0.05) is 33.3 Å². The molecule has 0 aromatic rings. The molecular formula is C25H38O5. The molecule has 30 heavy (non-hydrogen) atoms. The lowest BCUT2D eigenvalue weighted by Crippen LogP contribution is -2.66. The maximum atomic E-state index is 11.5. The van der Waals surface area contributed by atoms with E-state index in [2.05, 4.69) is 27.7 Å². The third kappa shape index (κ3) is 3.28. The first kappa shape index (κ1) is 22.0. The first-order valence-corrected chi connectivity index (χ1v) is 11.5. The Bertz CT molecular complexity index is 799. The number of carbonyl (C=O) groups is 1. The maximum absolute atomic E-state index is 11.5. The second kappa shape index (κ2) is 6.66. The van der Waals surface area contributed by atoms with Gasteiger partial charge in [0.2, 0.25) is 0 Å². The molecule has 4 aliphatic rings. The number of ether oxygens (including phenoxy) is 2. The van der Waals surface area contributed by atoms with Crippen LogP contribution in [0.15, 0.2) is 23.8 Å². The van der Waals surface area contributed by atoms with Crippen LogP contribution in [0, 0.1) is 22.7 Å². The average molecular weight is 419 g/mol. The number of rotatable bonds is 2. The molecule has 168 valence electrons. The Morgan fingerprint density at radius 1 is 1.10 bits per heavy atom. The van der Waals surface area contributed by atoms with Crippen LogP contribution < -0.4 is 0 Å². The second-order valence-electron chi connectivity index (χ2n) is 11.7. The van der Waals surface area contributed by atoms with Gasteiger partial charge >= 0.3 is 5.97 Å². The Morgan fingerprint density at radius 2 is 1.80 bits per heavy atom. The third-order valence-electron chi connectivity index (χ3n) is 8.83. The van der Waals surface area contributed by atoms with Crippen LogP contribution in [-0.4, -0.2) is 39.3 Å². The van der Waals surface area contributed by atoms with Gasteiger partial charge in [0.1, 0.15) is 0 Å². The van der Waals surface area contributed by atoms with Crippen LogP contribution in [0.3, 0.4) is 0 Å². The van der Waals surface area contributed by atoms with Gasteiger partial charge in [0.05, 0.1) is 17.3 Å². The Morgan fingerprint density at radius 3 is 2.43 bits per heavy atom. The van der Waals surface area contributed by atoms with Gasteiger partial charge in [0.25, 0.3) is 5.79 Å². The molecule has 7 atom stereocenters. The molecule has 2 heterocycles. The zero-order chi connectivity index (χ0) is 22.2. The molecule has 0 radical (unpaired) electrons. The van der Waals surface area contributed by atoms with Gasteiger partial charge in [-0.25, -0.2) is 4.79 Å². The Balaban J connectivity index is 1.60. The van der Waals surface area contributed by atoms with Gasteiger partial charge in [0, 0.05) is 18.1 Å². The van der Waals surface area contributed by atoms with Gasteiger partial charge in [-0.15, -0.1) is 0 Å². The Hall–Kier alpha value is -1.17. The van der Waals surface area contributed by atoms with E-state index in [1.807, 2.05) is 13.0 Å². The summed E-state index contributed by atoms with van der Waals surface area (Å²) < 4.78 is 11.9. The zero-order valence-electron chi connectivity index (χ0n) is 19.3. The fraction of sp³-hybridized carbons (Fsp3) is 0.800. The van der Waals surface area contributed by atoms with Crippen LogP contribution in [0.5, 0.6) is 0 Å². The van der Waals surface area contributed by atoms with Crippen molar-refractivity contribution < 1.29 is 24.5 Å². The summed E-state index contributed by atoms with van der Waals surface area (Å²) in [5.74, 6) is -1.56. The molecule has 2 N–H and O–H groups in total. The van der Waals surface area contributed by atoms with Crippen LogP contribution in [0.4, 0.5) is 0 Å². The predicted octanol–water partition coefficient (Wildman–Crippen LogP) is 4.28. The topological polar surface area (TPSA) is 76.0 Å². The van der Waals surface area contributed by atoms with Crippen molar-refractivity contribution in [2.24, 2.45) is 22.7 Å². The molecule has 2 aliphatic heterocycles. The molecule has 0 aromatic carbocycles. The third-order valence-corrected chi connectivity index (χ3v) is 8.83. The molecule has 3 fully saturated rings. The van der Waals surface area contributed by atoms with Gasteiger partial charge in [-0.2, -0.15) is 0 Å². The standard InChI is InChI=1S/C25H38O5/c1-16-14-19(27)29-25(16,28)13-12-22(4)11-8-18-23(5)10-7-9-21(2,3)20(23)17(26)15-24(18,6)30-22/h12-14,17-18,20,26,28H,7-11,15H2,1-6H3/b13-12+/t17-,18+,20-,22+,23+,24+,25?/m0/s1. The van der Waals surface area contributed by atoms with Crippen molar-refractivity contribution in [3.63, 3.8) is 0 Å². The summed E-state index contributed by atoms with van der Waals surface area (Å²) in [4.78, 5) is 11.5. The van der Waals surface area contributed by atoms with E-state index in [1.54, 1.807) is 13.0 Å². The molecule has 5 nitrogen and oxygen atoms in total. The van der Waals surface area contributed by atoms with E-state index >= 15 is 0 Å². The molecule has 0 aromatic heterocycles. The monoisotopic (exact) mass is 418 g/mol. The van der Waals surface area contributed by atoms with Crippen molar-refractivity contribution in [2.45, 2.75) is 103 Å². The summed E-state index contributed by atoms with van der Waals surface area (Å²) in [6.45, 7) is 12.9. The second-order valence-corrected chi connectivity index (χ2v) is 11.7. The smallest absolute Gasteiger partial charge is 0.333 e. The quantitative estimate of drug-likeness (QED) is 0.517. The van der Waals surface area contributed by atoms with Crippen molar-refractivity contribution in [3.8, 4) is 0 Å². The first-order chi connectivity index (χ1) is 13.7. The minimum absolute atomic E-state index is 0.0533. The van der Waals surface area contributed by atoms with Crippen molar-refractivity contribution in [2.75, 3.05) is 0 Å². The van der Waals surface area contributed by atoms with Gasteiger partial charge in [0.15, 0.2) is 0 Å².